The second-order valence-electron chi connectivity index (χ2n) is 10.3. The van der Waals surface area contributed by atoms with Crippen LogP contribution in [-0.4, -0.2) is 45.6 Å². The van der Waals surface area contributed by atoms with Crippen molar-refractivity contribution in [2.45, 2.75) is 84.0 Å². The number of ether oxygens (including phenoxy) is 1. The molecule has 0 aliphatic heterocycles. The highest BCUT2D eigenvalue weighted by molar-refractivity contribution is 5.95. The minimum atomic E-state index is -1.16. The quantitative estimate of drug-likeness (QED) is 0.685. The molecule has 0 unspecified atom stereocenters. The summed E-state index contributed by atoms with van der Waals surface area (Å²) in [6, 6.07) is 0. The van der Waals surface area contributed by atoms with E-state index in [2.05, 4.69) is 0 Å². The van der Waals surface area contributed by atoms with Gasteiger partial charge in [-0.2, -0.15) is 0 Å². The number of aliphatic hydroxyl groups is 2. The lowest BCUT2D eigenvalue weighted by atomic mass is 9.46. The van der Waals surface area contributed by atoms with Crippen molar-refractivity contribution in [3.8, 4) is 0 Å². The molecule has 4 aliphatic carbocycles. The van der Waals surface area contributed by atoms with Crippen molar-refractivity contribution in [2.75, 3.05) is 0 Å². The summed E-state index contributed by atoms with van der Waals surface area (Å²) in [7, 11) is 0. The molecular weight excluding hydrogens is 372 g/mol. The number of ketones is 2. The minimum absolute atomic E-state index is 0.0282. The molecule has 29 heavy (non-hydrogen) atoms. The number of aliphatic hydroxyl groups excluding tert-OH is 1. The van der Waals surface area contributed by atoms with E-state index >= 15 is 0 Å². The van der Waals surface area contributed by atoms with Gasteiger partial charge in [-0.3, -0.25) is 14.4 Å². The van der Waals surface area contributed by atoms with Crippen LogP contribution < -0.4 is 0 Å². The van der Waals surface area contributed by atoms with Crippen LogP contribution in [0.3, 0.4) is 0 Å². The lowest BCUT2D eigenvalue weighted by Gasteiger charge is -2.59. The van der Waals surface area contributed by atoms with Gasteiger partial charge in [0, 0.05) is 24.2 Å². The lowest BCUT2D eigenvalue weighted by molar-refractivity contribution is -0.173. The molecule has 4 aliphatic rings. The van der Waals surface area contributed by atoms with Gasteiger partial charge in [0.15, 0.2) is 5.78 Å². The average molecular weight is 405 g/mol. The summed E-state index contributed by atoms with van der Waals surface area (Å²) in [5.74, 6) is -0.983. The minimum Gasteiger partial charge on any atom is -0.460 e. The molecule has 6 heteroatoms. The van der Waals surface area contributed by atoms with E-state index in [-0.39, 0.29) is 35.7 Å². The fourth-order valence-electron chi connectivity index (χ4n) is 7.33. The Morgan fingerprint density at radius 3 is 2.45 bits per heavy atom. The third-order valence-corrected chi connectivity index (χ3v) is 8.90. The second-order valence-corrected chi connectivity index (χ2v) is 10.3. The van der Waals surface area contributed by atoms with Gasteiger partial charge in [0.2, 0.25) is 0 Å². The number of Topliss-reactive ketones (excluding diaryl/α,β-unsaturated/α-hetero) is 1. The monoisotopic (exact) mass is 404 g/mol. The molecule has 0 saturated heterocycles. The topological polar surface area (TPSA) is 101 Å². The molecule has 0 bridgehead atoms. The second kappa shape index (κ2) is 6.48. The third kappa shape index (κ3) is 2.71. The average Bonchev–Trinajstić information content (AvgIpc) is 2.89. The van der Waals surface area contributed by atoms with Crippen LogP contribution in [-0.2, 0) is 19.1 Å². The predicted octanol–water partition coefficient (Wildman–Crippen LogP) is 2.35. The van der Waals surface area contributed by atoms with Crippen molar-refractivity contribution in [1.82, 2.24) is 0 Å². The maximum atomic E-state index is 13.1. The molecule has 0 amide bonds. The van der Waals surface area contributed by atoms with Gasteiger partial charge in [-0.15, -0.1) is 0 Å². The summed E-state index contributed by atoms with van der Waals surface area (Å²) in [5, 5.41) is 22.3. The maximum Gasteiger partial charge on any atom is 0.302 e. The highest BCUT2D eigenvalue weighted by Gasteiger charge is 2.67. The van der Waals surface area contributed by atoms with Crippen molar-refractivity contribution < 1.29 is 29.3 Å². The van der Waals surface area contributed by atoms with Gasteiger partial charge in [0.1, 0.15) is 11.9 Å². The highest BCUT2D eigenvalue weighted by atomic mass is 16.6. The number of carbonyl (C=O) groups excluding carboxylic acids is 3. The third-order valence-electron chi connectivity index (χ3n) is 8.90. The van der Waals surface area contributed by atoms with E-state index in [1.807, 2.05) is 13.8 Å². The van der Waals surface area contributed by atoms with E-state index in [9.17, 15) is 24.6 Å². The first-order valence-electron chi connectivity index (χ1n) is 10.8. The Bertz CT molecular complexity index is 801. The maximum absolute atomic E-state index is 13.1. The number of allylic oxidation sites excluding steroid dienone is 1. The number of fused-ring (bicyclic) bond motifs is 5. The van der Waals surface area contributed by atoms with E-state index in [1.165, 1.54) is 6.92 Å². The molecule has 0 heterocycles. The fourth-order valence-corrected chi connectivity index (χ4v) is 7.33. The normalized spacial score (nSPS) is 48.8. The number of carbonyl (C=O) groups is 3. The van der Waals surface area contributed by atoms with Gasteiger partial charge in [-0.25, -0.2) is 0 Å². The summed E-state index contributed by atoms with van der Waals surface area (Å²) in [6.45, 7) is 6.96. The van der Waals surface area contributed by atoms with Gasteiger partial charge >= 0.3 is 5.97 Å². The first-order valence-corrected chi connectivity index (χ1v) is 10.8. The zero-order valence-electron chi connectivity index (χ0n) is 17.7. The molecule has 2 N–H and O–H groups in total. The fraction of sp³-hybridized carbons (Fsp3) is 0.783. The van der Waals surface area contributed by atoms with Crippen molar-refractivity contribution in [3.05, 3.63) is 11.6 Å². The number of esters is 1. The Morgan fingerprint density at radius 1 is 1.14 bits per heavy atom. The van der Waals surface area contributed by atoms with Crippen molar-refractivity contribution >= 4 is 17.5 Å². The molecular formula is C23H32O6. The van der Waals surface area contributed by atoms with Crippen LogP contribution in [0.15, 0.2) is 11.6 Å². The van der Waals surface area contributed by atoms with Gasteiger partial charge in [0.05, 0.1) is 11.7 Å². The summed E-state index contributed by atoms with van der Waals surface area (Å²) in [4.78, 5) is 36.9. The van der Waals surface area contributed by atoms with E-state index < -0.39 is 34.6 Å². The van der Waals surface area contributed by atoms with Crippen LogP contribution >= 0.6 is 0 Å². The van der Waals surface area contributed by atoms with E-state index in [0.29, 0.717) is 25.7 Å². The molecule has 3 saturated carbocycles. The zero-order chi connectivity index (χ0) is 21.4. The molecule has 0 aromatic carbocycles. The predicted molar refractivity (Wildman–Crippen MR) is 105 cm³/mol. The molecule has 0 spiro atoms. The van der Waals surface area contributed by atoms with E-state index in [0.717, 1.165) is 12.0 Å². The summed E-state index contributed by atoms with van der Waals surface area (Å²) < 4.78 is 5.39. The van der Waals surface area contributed by atoms with Crippen molar-refractivity contribution in [1.29, 1.82) is 0 Å². The van der Waals surface area contributed by atoms with Crippen LogP contribution in [0.2, 0.25) is 0 Å². The molecule has 160 valence electrons. The van der Waals surface area contributed by atoms with E-state index in [4.69, 9.17) is 4.74 Å². The Hall–Kier alpha value is -1.53. The summed E-state index contributed by atoms with van der Waals surface area (Å²) in [6.07, 6.45) is 3.39. The Kier molecular flexibility index (Phi) is 4.63. The van der Waals surface area contributed by atoms with Crippen LogP contribution in [0.25, 0.3) is 0 Å². The Labute approximate surface area is 171 Å². The molecule has 0 aromatic rings. The summed E-state index contributed by atoms with van der Waals surface area (Å²) in [5.41, 5.74) is -1.46. The van der Waals surface area contributed by atoms with E-state index in [1.54, 1.807) is 13.0 Å². The lowest BCUT2D eigenvalue weighted by Crippen LogP contribution is -2.61. The van der Waals surface area contributed by atoms with Crippen molar-refractivity contribution in [2.24, 2.45) is 28.6 Å². The molecule has 3 fully saturated rings. The van der Waals surface area contributed by atoms with Crippen LogP contribution in [0.1, 0.15) is 66.2 Å². The SMILES string of the molecule is CC(=O)O[C@H]1C[C@]2(C)[C@@H]3CC[C@]4(C)[C@@H](C(C)=O)CC[C@]4(O)C3=CC(=O)[C@@H]2C[C@H]1O. The molecule has 0 radical (unpaired) electrons. The Balaban J connectivity index is 1.75. The van der Waals surface area contributed by atoms with Crippen LogP contribution in [0.4, 0.5) is 0 Å². The standard InChI is InChI=1S/C23H32O6/c1-12(24)14-6-8-23(28)16-9-18(26)17-10-19(27)20(29-13(2)25)11-21(17,3)15(16)5-7-22(14,23)4/h9,14-15,17,19-20,27-28H,5-8,10-11H2,1-4H3/t14-,15-,17+,19-,20+,21-,22-,23+/m1/s1. The number of rotatable bonds is 2. The van der Waals surface area contributed by atoms with Crippen LogP contribution in [0, 0.1) is 28.6 Å². The van der Waals surface area contributed by atoms with Gasteiger partial charge in [-0.1, -0.05) is 13.8 Å². The molecule has 6 nitrogen and oxygen atoms in total. The first-order chi connectivity index (χ1) is 13.4. The van der Waals surface area contributed by atoms with Gasteiger partial charge in [0.25, 0.3) is 0 Å². The molecule has 8 atom stereocenters. The van der Waals surface area contributed by atoms with Gasteiger partial charge < -0.3 is 14.9 Å². The Morgan fingerprint density at radius 2 is 1.83 bits per heavy atom. The smallest absolute Gasteiger partial charge is 0.302 e. The first kappa shape index (κ1) is 20.7. The molecule has 0 aromatic heterocycles. The molecule has 4 rings (SSSR count). The zero-order valence-corrected chi connectivity index (χ0v) is 17.7. The van der Waals surface area contributed by atoms with Gasteiger partial charge in [-0.05, 0) is 68.4 Å². The number of hydrogen-bond donors (Lipinski definition) is 2. The highest BCUT2D eigenvalue weighted by Crippen LogP contribution is 2.67. The largest absolute Gasteiger partial charge is 0.460 e. The van der Waals surface area contributed by atoms with Crippen LogP contribution in [0.5, 0.6) is 0 Å². The number of hydrogen-bond acceptors (Lipinski definition) is 6. The summed E-state index contributed by atoms with van der Waals surface area (Å²) >= 11 is 0. The van der Waals surface area contributed by atoms with Crippen molar-refractivity contribution in [3.63, 3.8) is 0 Å².